The average Bonchev–Trinajstić information content (AvgIpc) is 2.60. The van der Waals surface area contributed by atoms with E-state index < -0.39 is 0 Å². The first-order valence-electron chi connectivity index (χ1n) is 9.51. The van der Waals surface area contributed by atoms with Crippen LogP contribution in [0.25, 0.3) is 0 Å². The van der Waals surface area contributed by atoms with Crippen molar-refractivity contribution < 1.29 is 4.79 Å². The summed E-state index contributed by atoms with van der Waals surface area (Å²) in [6, 6.07) is 9.04. The summed E-state index contributed by atoms with van der Waals surface area (Å²) in [5, 5.41) is 9.70. The lowest BCUT2D eigenvalue weighted by molar-refractivity contribution is -0.116. The topological polar surface area (TPSA) is 68.8 Å². The molecule has 0 radical (unpaired) electrons. The van der Waals surface area contributed by atoms with Gasteiger partial charge in [-0.15, -0.1) is 0 Å². The molecule has 0 spiro atoms. The van der Waals surface area contributed by atoms with Crippen molar-refractivity contribution in [3.8, 4) is 0 Å². The van der Waals surface area contributed by atoms with Crippen LogP contribution in [0.1, 0.15) is 45.6 Å². The summed E-state index contributed by atoms with van der Waals surface area (Å²) in [6.07, 6.45) is 0.496. The van der Waals surface area contributed by atoms with Crippen LogP contribution in [0.4, 0.5) is 5.69 Å². The maximum absolute atomic E-state index is 11.9. The Kier molecular flexibility index (Phi) is 7.45. The number of nitrogens with one attached hydrogen (secondary N) is 3. The van der Waals surface area contributed by atoms with E-state index in [0.717, 1.165) is 24.7 Å². The summed E-state index contributed by atoms with van der Waals surface area (Å²) in [4.78, 5) is 18.7. The maximum atomic E-state index is 11.9. The molecule has 6 nitrogen and oxygen atoms in total. The molecule has 1 aromatic carbocycles. The monoisotopic (exact) mass is 359 g/mol. The fraction of sp³-hybridized carbons (Fsp3) is 0.600. The molecule has 0 saturated carbocycles. The van der Waals surface area contributed by atoms with Gasteiger partial charge in [-0.05, 0) is 39.3 Å². The third-order valence-electron chi connectivity index (χ3n) is 4.84. The minimum Gasteiger partial charge on any atom is -0.356 e. The third-order valence-corrected chi connectivity index (χ3v) is 4.84. The summed E-state index contributed by atoms with van der Waals surface area (Å²) in [6.45, 7) is 11.4. The summed E-state index contributed by atoms with van der Waals surface area (Å²) < 4.78 is 0. The maximum Gasteiger partial charge on any atom is 0.225 e. The Labute approximate surface area is 157 Å². The fourth-order valence-electron chi connectivity index (χ4n) is 3.54. The van der Waals surface area contributed by atoms with E-state index in [1.54, 1.807) is 7.05 Å². The van der Waals surface area contributed by atoms with Gasteiger partial charge in [0.1, 0.15) is 0 Å². The fourth-order valence-corrected chi connectivity index (χ4v) is 3.54. The summed E-state index contributed by atoms with van der Waals surface area (Å²) in [5.41, 5.74) is 2.10. The van der Waals surface area contributed by atoms with Gasteiger partial charge in [0.25, 0.3) is 0 Å². The van der Waals surface area contributed by atoms with Crippen LogP contribution in [0.3, 0.4) is 0 Å². The smallest absolute Gasteiger partial charge is 0.225 e. The van der Waals surface area contributed by atoms with Crippen molar-refractivity contribution in [2.24, 2.45) is 4.99 Å². The molecule has 6 heteroatoms. The van der Waals surface area contributed by atoms with Crippen molar-refractivity contribution in [2.45, 2.75) is 52.1 Å². The van der Waals surface area contributed by atoms with E-state index in [2.05, 4.69) is 59.6 Å². The van der Waals surface area contributed by atoms with Crippen LogP contribution in [0.15, 0.2) is 29.3 Å². The van der Waals surface area contributed by atoms with Crippen molar-refractivity contribution in [3.63, 3.8) is 0 Å². The second-order valence-corrected chi connectivity index (χ2v) is 7.34. The van der Waals surface area contributed by atoms with E-state index in [4.69, 9.17) is 0 Å². The van der Waals surface area contributed by atoms with Gasteiger partial charge in [-0.1, -0.05) is 18.2 Å². The zero-order chi connectivity index (χ0) is 19.1. The lowest BCUT2D eigenvalue weighted by Crippen LogP contribution is -2.46. The molecule has 1 amide bonds. The highest BCUT2D eigenvalue weighted by Gasteiger charge is 2.24. The quantitative estimate of drug-likeness (QED) is 0.516. The van der Waals surface area contributed by atoms with Gasteiger partial charge in [0, 0.05) is 56.8 Å². The molecular weight excluding hydrogens is 326 g/mol. The molecule has 1 aliphatic rings. The molecule has 1 unspecified atom stereocenters. The SMILES string of the molecule is CN=C(NCCN(C(C)C)C(C)C)NCC1CC(=O)Nc2ccccc21. The standard InChI is InChI=1S/C20H33N5O/c1-14(2)25(15(3)4)11-10-22-20(21-5)23-13-16-12-19(26)24-18-9-7-6-8-17(16)18/h6-9,14-16H,10-13H2,1-5H3,(H,24,26)(H2,21,22,23). The molecule has 0 bridgehead atoms. The predicted molar refractivity (Wildman–Crippen MR) is 109 cm³/mol. The van der Waals surface area contributed by atoms with Crippen LogP contribution in [-0.2, 0) is 4.79 Å². The van der Waals surface area contributed by atoms with Gasteiger partial charge < -0.3 is 16.0 Å². The third kappa shape index (κ3) is 5.46. The van der Waals surface area contributed by atoms with E-state index in [9.17, 15) is 4.79 Å². The molecule has 0 aromatic heterocycles. The Morgan fingerprint density at radius 1 is 1.23 bits per heavy atom. The minimum absolute atomic E-state index is 0.0722. The number of fused-ring (bicyclic) bond motifs is 1. The van der Waals surface area contributed by atoms with Crippen molar-refractivity contribution in [1.82, 2.24) is 15.5 Å². The van der Waals surface area contributed by atoms with E-state index >= 15 is 0 Å². The van der Waals surface area contributed by atoms with E-state index in [0.29, 0.717) is 25.0 Å². The van der Waals surface area contributed by atoms with Crippen LogP contribution < -0.4 is 16.0 Å². The highest BCUT2D eigenvalue weighted by Crippen LogP contribution is 2.31. The first-order chi connectivity index (χ1) is 12.4. The highest BCUT2D eigenvalue weighted by atomic mass is 16.1. The Morgan fingerprint density at radius 3 is 2.58 bits per heavy atom. The number of carbonyl (C=O) groups is 1. The molecule has 26 heavy (non-hydrogen) atoms. The molecule has 0 aliphatic carbocycles. The number of hydrogen-bond acceptors (Lipinski definition) is 3. The number of carbonyl (C=O) groups excluding carboxylic acids is 1. The number of hydrogen-bond donors (Lipinski definition) is 3. The second-order valence-electron chi connectivity index (χ2n) is 7.34. The zero-order valence-corrected chi connectivity index (χ0v) is 16.7. The number of aliphatic imine (C=N–C) groups is 1. The molecule has 1 heterocycles. The van der Waals surface area contributed by atoms with Crippen LogP contribution in [0.2, 0.25) is 0 Å². The molecule has 144 valence electrons. The first kappa shape index (κ1) is 20.2. The number of para-hydroxylation sites is 1. The predicted octanol–water partition coefficient (Wildman–Crippen LogP) is 2.40. The van der Waals surface area contributed by atoms with Crippen molar-refractivity contribution >= 4 is 17.6 Å². The van der Waals surface area contributed by atoms with Crippen LogP contribution >= 0.6 is 0 Å². The number of amides is 1. The van der Waals surface area contributed by atoms with E-state index in [-0.39, 0.29) is 11.8 Å². The Morgan fingerprint density at radius 2 is 1.92 bits per heavy atom. The van der Waals surface area contributed by atoms with Crippen molar-refractivity contribution in [1.29, 1.82) is 0 Å². The molecule has 0 fully saturated rings. The number of nitrogens with zero attached hydrogens (tertiary/aromatic N) is 2. The molecule has 1 aromatic rings. The normalized spacial score (nSPS) is 17.5. The van der Waals surface area contributed by atoms with Gasteiger partial charge in [0.05, 0.1) is 0 Å². The van der Waals surface area contributed by atoms with Gasteiger partial charge in [0.2, 0.25) is 5.91 Å². The molecule has 0 saturated heterocycles. The van der Waals surface area contributed by atoms with Gasteiger partial charge in [0.15, 0.2) is 5.96 Å². The van der Waals surface area contributed by atoms with Gasteiger partial charge >= 0.3 is 0 Å². The van der Waals surface area contributed by atoms with Crippen LogP contribution in [0.5, 0.6) is 0 Å². The molecular formula is C20H33N5O. The van der Waals surface area contributed by atoms with E-state index in [1.165, 1.54) is 5.56 Å². The van der Waals surface area contributed by atoms with Gasteiger partial charge in [-0.25, -0.2) is 0 Å². The lowest BCUT2D eigenvalue weighted by Gasteiger charge is -2.31. The molecule has 1 atom stereocenters. The molecule has 3 N–H and O–H groups in total. The van der Waals surface area contributed by atoms with E-state index in [1.807, 2.05) is 18.2 Å². The molecule has 2 rings (SSSR count). The Bertz CT molecular complexity index is 618. The largest absolute Gasteiger partial charge is 0.356 e. The van der Waals surface area contributed by atoms with Crippen LogP contribution in [0, 0.1) is 0 Å². The lowest BCUT2D eigenvalue weighted by atomic mass is 9.90. The first-order valence-corrected chi connectivity index (χ1v) is 9.51. The van der Waals surface area contributed by atoms with Gasteiger partial charge in [-0.2, -0.15) is 0 Å². The van der Waals surface area contributed by atoms with Crippen molar-refractivity contribution in [3.05, 3.63) is 29.8 Å². The van der Waals surface area contributed by atoms with Crippen LogP contribution in [-0.4, -0.2) is 55.5 Å². The zero-order valence-electron chi connectivity index (χ0n) is 16.7. The Balaban J connectivity index is 1.87. The Hall–Kier alpha value is -2.08. The summed E-state index contributed by atoms with van der Waals surface area (Å²) >= 11 is 0. The average molecular weight is 360 g/mol. The molecule has 1 aliphatic heterocycles. The van der Waals surface area contributed by atoms with Gasteiger partial charge in [-0.3, -0.25) is 14.7 Å². The number of guanidine groups is 1. The number of benzene rings is 1. The number of rotatable bonds is 7. The highest BCUT2D eigenvalue weighted by molar-refractivity contribution is 5.94. The second kappa shape index (κ2) is 9.57. The minimum atomic E-state index is 0.0722. The summed E-state index contributed by atoms with van der Waals surface area (Å²) in [7, 11) is 1.78. The number of anilines is 1. The summed E-state index contributed by atoms with van der Waals surface area (Å²) in [5.74, 6) is 1.00. The van der Waals surface area contributed by atoms with Crippen molar-refractivity contribution in [2.75, 3.05) is 32.0 Å².